The lowest BCUT2D eigenvalue weighted by molar-refractivity contribution is -0.133. The zero-order valence-electron chi connectivity index (χ0n) is 15.9. The van der Waals surface area contributed by atoms with Crippen molar-refractivity contribution in [1.82, 2.24) is 5.32 Å². The molecule has 3 rings (SSSR count). The van der Waals surface area contributed by atoms with Gasteiger partial charge in [0.25, 0.3) is 5.91 Å². The monoisotopic (exact) mass is 352 g/mol. The maximum atomic E-state index is 11.8. The first-order chi connectivity index (χ1) is 12.5. The van der Waals surface area contributed by atoms with Gasteiger partial charge in [0.2, 0.25) is 0 Å². The number of amides is 1. The first-order valence-electron chi connectivity index (χ1n) is 9.36. The van der Waals surface area contributed by atoms with E-state index < -0.39 is 5.60 Å². The number of hydrogen-bond acceptors (Lipinski definition) is 3. The molecule has 0 atom stereocenters. The van der Waals surface area contributed by atoms with Gasteiger partial charge < -0.3 is 15.0 Å². The van der Waals surface area contributed by atoms with Crippen LogP contribution in [0.1, 0.15) is 33.1 Å². The number of nitrogens with one attached hydrogen (secondary N) is 1. The molecule has 1 N–H and O–H groups in total. The third kappa shape index (κ3) is 4.18. The molecule has 2 aromatic carbocycles. The Hall–Kier alpha value is -2.49. The van der Waals surface area contributed by atoms with Crippen LogP contribution in [-0.2, 0) is 4.79 Å². The second-order valence-corrected chi connectivity index (χ2v) is 7.31. The minimum absolute atomic E-state index is 0.144. The van der Waals surface area contributed by atoms with Crippen molar-refractivity contribution in [2.24, 2.45) is 0 Å². The van der Waals surface area contributed by atoms with Crippen LogP contribution in [0.5, 0.6) is 5.75 Å². The molecule has 0 bridgehead atoms. The molecule has 26 heavy (non-hydrogen) atoms. The summed E-state index contributed by atoms with van der Waals surface area (Å²) in [6, 6.07) is 16.7. The summed E-state index contributed by atoms with van der Waals surface area (Å²) >= 11 is 0. The molecule has 1 saturated heterocycles. The van der Waals surface area contributed by atoms with Crippen molar-refractivity contribution < 1.29 is 9.53 Å². The second kappa shape index (κ2) is 7.81. The van der Waals surface area contributed by atoms with Gasteiger partial charge in [-0.1, -0.05) is 24.3 Å². The number of carbonyl (C=O) groups excluding carboxylic acids is 1. The zero-order chi connectivity index (χ0) is 18.6. The van der Waals surface area contributed by atoms with Gasteiger partial charge >= 0.3 is 0 Å². The zero-order valence-corrected chi connectivity index (χ0v) is 15.9. The van der Waals surface area contributed by atoms with E-state index in [1.54, 1.807) is 20.9 Å². The van der Waals surface area contributed by atoms with E-state index >= 15 is 0 Å². The highest BCUT2D eigenvalue weighted by Gasteiger charge is 2.28. The van der Waals surface area contributed by atoms with Crippen LogP contribution in [-0.4, -0.2) is 31.6 Å². The summed E-state index contributed by atoms with van der Waals surface area (Å²) in [7, 11) is 1.62. The maximum Gasteiger partial charge on any atom is 0.263 e. The summed E-state index contributed by atoms with van der Waals surface area (Å²) < 4.78 is 5.83. The summed E-state index contributed by atoms with van der Waals surface area (Å²) in [5.41, 5.74) is 2.73. The minimum atomic E-state index is -0.896. The molecule has 0 radical (unpaired) electrons. The predicted molar refractivity (Wildman–Crippen MR) is 107 cm³/mol. The third-order valence-corrected chi connectivity index (χ3v) is 4.92. The normalized spacial score (nSPS) is 14.8. The quantitative estimate of drug-likeness (QED) is 0.875. The van der Waals surface area contributed by atoms with Gasteiger partial charge in [-0.25, -0.2) is 0 Å². The molecule has 0 aromatic heterocycles. The number of benzene rings is 2. The average molecular weight is 352 g/mol. The summed E-state index contributed by atoms with van der Waals surface area (Å²) in [5.74, 6) is 0.544. The standard InChI is InChI=1S/C22H28N2O2/c1-22(2,21(25)23-3)26-20-13-9-18(10-14-20)17-7-11-19(12-8-17)24-15-5-4-6-16-24/h7-14H,4-6,15-16H2,1-3H3,(H,23,25). The fourth-order valence-electron chi connectivity index (χ4n) is 3.37. The van der Waals surface area contributed by atoms with E-state index in [1.165, 1.54) is 30.5 Å². The molecule has 2 aromatic rings. The molecule has 0 spiro atoms. The van der Waals surface area contributed by atoms with Crippen LogP contribution in [0.2, 0.25) is 0 Å². The molecule has 4 heteroatoms. The van der Waals surface area contributed by atoms with Gasteiger partial charge in [-0.15, -0.1) is 0 Å². The van der Waals surface area contributed by atoms with E-state index in [9.17, 15) is 4.79 Å². The van der Waals surface area contributed by atoms with Crippen LogP contribution >= 0.6 is 0 Å². The molecule has 0 aliphatic carbocycles. The van der Waals surface area contributed by atoms with Crippen molar-refractivity contribution >= 4 is 11.6 Å². The Balaban J connectivity index is 1.69. The van der Waals surface area contributed by atoms with Gasteiger partial charge in [0.1, 0.15) is 5.75 Å². The largest absolute Gasteiger partial charge is 0.478 e. The lowest BCUT2D eigenvalue weighted by atomic mass is 10.0. The Labute approximate surface area is 156 Å². The van der Waals surface area contributed by atoms with E-state index in [2.05, 4.69) is 34.5 Å². The van der Waals surface area contributed by atoms with Crippen molar-refractivity contribution in [3.05, 3.63) is 48.5 Å². The van der Waals surface area contributed by atoms with Crippen LogP contribution in [0.25, 0.3) is 11.1 Å². The van der Waals surface area contributed by atoms with Crippen molar-refractivity contribution in [3.8, 4) is 16.9 Å². The SMILES string of the molecule is CNC(=O)C(C)(C)Oc1ccc(-c2ccc(N3CCCCC3)cc2)cc1. The molecule has 0 saturated carbocycles. The maximum absolute atomic E-state index is 11.8. The van der Waals surface area contributed by atoms with E-state index in [-0.39, 0.29) is 5.91 Å². The lowest BCUT2D eigenvalue weighted by Crippen LogP contribution is -2.45. The minimum Gasteiger partial charge on any atom is -0.478 e. The van der Waals surface area contributed by atoms with Crippen LogP contribution in [0, 0.1) is 0 Å². The molecule has 1 aliphatic heterocycles. The molecule has 138 valence electrons. The molecule has 0 unspecified atom stereocenters. The van der Waals surface area contributed by atoms with Crippen molar-refractivity contribution in [1.29, 1.82) is 0 Å². The Morgan fingerprint density at radius 3 is 2.00 bits per heavy atom. The third-order valence-electron chi connectivity index (χ3n) is 4.92. The van der Waals surface area contributed by atoms with Crippen molar-refractivity contribution in [3.63, 3.8) is 0 Å². The van der Waals surface area contributed by atoms with E-state index in [0.29, 0.717) is 5.75 Å². The van der Waals surface area contributed by atoms with Gasteiger partial charge in [0, 0.05) is 25.8 Å². The predicted octanol–water partition coefficient (Wildman–Crippen LogP) is 4.25. The van der Waals surface area contributed by atoms with Gasteiger partial charge in [0.05, 0.1) is 0 Å². The second-order valence-electron chi connectivity index (χ2n) is 7.31. The van der Waals surface area contributed by atoms with Crippen LogP contribution < -0.4 is 15.0 Å². The fraction of sp³-hybridized carbons (Fsp3) is 0.409. The Kier molecular flexibility index (Phi) is 5.50. The van der Waals surface area contributed by atoms with Crippen LogP contribution in [0.4, 0.5) is 5.69 Å². The Morgan fingerprint density at radius 2 is 1.46 bits per heavy atom. The number of piperidine rings is 1. The number of carbonyl (C=O) groups is 1. The number of nitrogens with zero attached hydrogens (tertiary/aromatic N) is 1. The van der Waals surface area contributed by atoms with Gasteiger partial charge in [0.15, 0.2) is 5.60 Å². The molecule has 1 aliphatic rings. The van der Waals surface area contributed by atoms with Crippen LogP contribution in [0.15, 0.2) is 48.5 Å². The summed E-state index contributed by atoms with van der Waals surface area (Å²) in [6.45, 7) is 5.84. The lowest BCUT2D eigenvalue weighted by Gasteiger charge is -2.28. The number of anilines is 1. The number of ether oxygens (including phenoxy) is 1. The Bertz CT molecular complexity index is 730. The molecule has 4 nitrogen and oxygen atoms in total. The Morgan fingerprint density at radius 1 is 0.923 bits per heavy atom. The molecular formula is C22H28N2O2. The summed E-state index contributed by atoms with van der Waals surface area (Å²) in [4.78, 5) is 14.3. The highest BCUT2D eigenvalue weighted by Crippen LogP contribution is 2.27. The first kappa shape index (κ1) is 18.3. The topological polar surface area (TPSA) is 41.6 Å². The van der Waals surface area contributed by atoms with E-state index in [0.717, 1.165) is 18.7 Å². The van der Waals surface area contributed by atoms with E-state index in [1.807, 2.05) is 24.3 Å². The molecule has 1 fully saturated rings. The first-order valence-corrected chi connectivity index (χ1v) is 9.36. The average Bonchev–Trinajstić information content (AvgIpc) is 2.68. The molecule has 1 amide bonds. The van der Waals surface area contributed by atoms with Crippen LogP contribution in [0.3, 0.4) is 0 Å². The summed E-state index contributed by atoms with van der Waals surface area (Å²) in [6.07, 6.45) is 3.92. The van der Waals surface area contributed by atoms with E-state index in [4.69, 9.17) is 4.74 Å². The van der Waals surface area contributed by atoms with Crippen molar-refractivity contribution in [2.45, 2.75) is 38.7 Å². The number of likely N-dealkylation sites (N-methyl/N-ethyl adjacent to an activating group) is 1. The van der Waals surface area contributed by atoms with Crippen molar-refractivity contribution in [2.75, 3.05) is 25.0 Å². The van der Waals surface area contributed by atoms with Gasteiger partial charge in [-0.2, -0.15) is 0 Å². The number of rotatable bonds is 5. The molecular weight excluding hydrogens is 324 g/mol. The van der Waals surface area contributed by atoms with Gasteiger partial charge in [-0.05, 0) is 68.5 Å². The fourth-order valence-corrected chi connectivity index (χ4v) is 3.37. The van der Waals surface area contributed by atoms with Gasteiger partial charge in [-0.3, -0.25) is 4.79 Å². The smallest absolute Gasteiger partial charge is 0.263 e. The highest BCUT2D eigenvalue weighted by molar-refractivity contribution is 5.84. The summed E-state index contributed by atoms with van der Waals surface area (Å²) in [5, 5.41) is 2.63. The molecule has 1 heterocycles. The highest BCUT2D eigenvalue weighted by atomic mass is 16.5. The number of hydrogen-bond donors (Lipinski definition) is 1.